The first kappa shape index (κ1) is 17.4. The summed E-state index contributed by atoms with van der Waals surface area (Å²) >= 11 is 3.46. The molecule has 5 heteroatoms. The molecular weight excluding hydrogens is 406 g/mol. The molecule has 142 valence electrons. The first-order valence-electron chi connectivity index (χ1n) is 9.92. The summed E-state index contributed by atoms with van der Waals surface area (Å²) in [4.78, 5) is 12.7. The van der Waals surface area contributed by atoms with Gasteiger partial charge in [0.15, 0.2) is 5.76 Å². The van der Waals surface area contributed by atoms with Crippen LogP contribution >= 0.6 is 15.9 Å². The minimum atomic E-state index is -0.0837. The maximum atomic E-state index is 12.7. The van der Waals surface area contributed by atoms with E-state index >= 15 is 0 Å². The molecule has 4 aliphatic carbocycles. The Morgan fingerprint density at radius 3 is 2.44 bits per heavy atom. The van der Waals surface area contributed by atoms with Crippen LogP contribution in [-0.2, 0) is 6.61 Å². The van der Waals surface area contributed by atoms with Gasteiger partial charge < -0.3 is 14.5 Å². The van der Waals surface area contributed by atoms with Crippen LogP contribution in [0.1, 0.15) is 48.4 Å². The molecule has 4 nitrogen and oxygen atoms in total. The number of amides is 1. The van der Waals surface area contributed by atoms with Gasteiger partial charge in [-0.15, -0.1) is 0 Å². The monoisotopic (exact) mass is 429 g/mol. The van der Waals surface area contributed by atoms with Crippen molar-refractivity contribution in [2.45, 2.75) is 44.8 Å². The zero-order valence-corrected chi connectivity index (χ0v) is 16.8. The van der Waals surface area contributed by atoms with Gasteiger partial charge in [0.25, 0.3) is 5.91 Å². The van der Waals surface area contributed by atoms with Gasteiger partial charge in [-0.1, -0.05) is 12.1 Å². The van der Waals surface area contributed by atoms with Crippen LogP contribution in [0.5, 0.6) is 5.75 Å². The van der Waals surface area contributed by atoms with E-state index in [9.17, 15) is 4.79 Å². The molecule has 0 radical (unpaired) electrons. The van der Waals surface area contributed by atoms with Crippen molar-refractivity contribution < 1.29 is 13.9 Å². The highest BCUT2D eigenvalue weighted by molar-refractivity contribution is 9.10. The Morgan fingerprint density at radius 2 is 1.74 bits per heavy atom. The van der Waals surface area contributed by atoms with E-state index < -0.39 is 0 Å². The fraction of sp³-hybridized carbons (Fsp3) is 0.500. The van der Waals surface area contributed by atoms with E-state index in [1.165, 1.54) is 32.1 Å². The van der Waals surface area contributed by atoms with E-state index in [0.29, 0.717) is 36.0 Å². The minimum Gasteiger partial charge on any atom is -0.484 e. The Bertz CT molecular complexity index is 818. The van der Waals surface area contributed by atoms with E-state index in [1.807, 2.05) is 30.3 Å². The van der Waals surface area contributed by atoms with Gasteiger partial charge in [0.2, 0.25) is 0 Å². The summed E-state index contributed by atoms with van der Waals surface area (Å²) in [6.07, 6.45) is 6.59. The standard InChI is InChI=1S/C22H24BrNO3/c23-18-3-1-2-4-19(18)26-12-17-5-6-20(27-17)22(25)24-21-15-8-13-7-14(10-15)11-16(21)9-13/h1-6,13-16,21H,7-12H2,(H,24,25). The Hall–Kier alpha value is -1.75. The van der Waals surface area contributed by atoms with Crippen LogP contribution in [0, 0.1) is 23.7 Å². The smallest absolute Gasteiger partial charge is 0.287 e. The lowest BCUT2D eigenvalue weighted by Crippen LogP contribution is -2.55. The molecule has 1 heterocycles. The normalized spacial score (nSPS) is 31.1. The Kier molecular flexibility index (Phi) is 4.50. The highest BCUT2D eigenvalue weighted by atomic mass is 79.9. The lowest BCUT2D eigenvalue weighted by atomic mass is 9.54. The van der Waals surface area contributed by atoms with E-state index in [1.54, 1.807) is 6.07 Å². The highest BCUT2D eigenvalue weighted by Gasteiger charge is 2.48. The fourth-order valence-electron chi connectivity index (χ4n) is 5.67. The lowest BCUT2D eigenvalue weighted by molar-refractivity contribution is -0.0123. The number of rotatable bonds is 5. The fourth-order valence-corrected chi connectivity index (χ4v) is 6.07. The number of hydrogen-bond donors (Lipinski definition) is 1. The molecule has 0 aliphatic heterocycles. The van der Waals surface area contributed by atoms with Crippen molar-refractivity contribution in [3.05, 3.63) is 52.4 Å². The third-order valence-corrected chi connectivity index (χ3v) is 7.27. The van der Waals surface area contributed by atoms with Gasteiger partial charge in [0.1, 0.15) is 18.1 Å². The van der Waals surface area contributed by atoms with Gasteiger partial charge in [-0.3, -0.25) is 4.79 Å². The van der Waals surface area contributed by atoms with Gasteiger partial charge in [0.05, 0.1) is 4.47 Å². The van der Waals surface area contributed by atoms with Gasteiger partial charge in [0, 0.05) is 6.04 Å². The molecule has 1 N–H and O–H groups in total. The van der Waals surface area contributed by atoms with Crippen LogP contribution < -0.4 is 10.1 Å². The quantitative estimate of drug-likeness (QED) is 0.712. The van der Waals surface area contributed by atoms with Crippen molar-refractivity contribution in [1.29, 1.82) is 0 Å². The number of carbonyl (C=O) groups excluding carboxylic acids is 1. The van der Waals surface area contributed by atoms with Crippen molar-refractivity contribution in [3.8, 4) is 5.75 Å². The van der Waals surface area contributed by atoms with Gasteiger partial charge in [-0.05, 0) is 96.0 Å². The average Bonchev–Trinajstić information content (AvgIpc) is 3.12. The Balaban J connectivity index is 1.21. The predicted octanol–water partition coefficient (Wildman–Crippen LogP) is 5.18. The maximum absolute atomic E-state index is 12.7. The molecule has 6 rings (SSSR count). The lowest BCUT2D eigenvalue weighted by Gasteiger charge is -2.54. The molecule has 1 aromatic carbocycles. The van der Waals surface area contributed by atoms with E-state index in [-0.39, 0.29) is 5.91 Å². The summed E-state index contributed by atoms with van der Waals surface area (Å²) < 4.78 is 12.4. The molecule has 1 amide bonds. The van der Waals surface area contributed by atoms with E-state index in [0.717, 1.165) is 22.1 Å². The highest BCUT2D eigenvalue weighted by Crippen LogP contribution is 2.53. The van der Waals surface area contributed by atoms with Crippen molar-refractivity contribution in [2.75, 3.05) is 0 Å². The number of furan rings is 1. The largest absolute Gasteiger partial charge is 0.484 e. The number of carbonyl (C=O) groups is 1. The molecule has 0 spiro atoms. The zero-order valence-electron chi connectivity index (χ0n) is 15.2. The topological polar surface area (TPSA) is 51.5 Å². The number of nitrogens with one attached hydrogen (secondary N) is 1. The number of halogens is 1. The number of ether oxygens (including phenoxy) is 1. The third kappa shape index (κ3) is 3.42. The van der Waals surface area contributed by atoms with E-state index in [4.69, 9.17) is 9.15 Å². The van der Waals surface area contributed by atoms with Gasteiger partial charge in [-0.2, -0.15) is 0 Å². The number of para-hydroxylation sites is 1. The van der Waals surface area contributed by atoms with E-state index in [2.05, 4.69) is 21.2 Å². The van der Waals surface area contributed by atoms with Crippen LogP contribution in [0.2, 0.25) is 0 Å². The molecule has 2 aromatic rings. The number of hydrogen-bond acceptors (Lipinski definition) is 3. The summed E-state index contributed by atoms with van der Waals surface area (Å²) in [7, 11) is 0. The molecular formula is C22H24BrNO3. The van der Waals surface area contributed by atoms with Crippen molar-refractivity contribution in [2.24, 2.45) is 23.7 Å². The molecule has 27 heavy (non-hydrogen) atoms. The minimum absolute atomic E-state index is 0.0837. The summed E-state index contributed by atoms with van der Waals surface area (Å²) in [5.41, 5.74) is 0. The molecule has 4 aliphatic rings. The summed E-state index contributed by atoms with van der Waals surface area (Å²) in [6.45, 7) is 0.300. The molecule has 0 atom stereocenters. The molecule has 1 aromatic heterocycles. The first-order valence-corrected chi connectivity index (χ1v) is 10.7. The SMILES string of the molecule is O=C(NC1C2CC3CC(C2)CC1C3)c1ccc(COc2ccccc2Br)o1. The van der Waals surface area contributed by atoms with Crippen LogP contribution in [0.4, 0.5) is 0 Å². The Morgan fingerprint density at radius 1 is 1.04 bits per heavy atom. The van der Waals surface area contributed by atoms with Gasteiger partial charge in [-0.25, -0.2) is 0 Å². The van der Waals surface area contributed by atoms with Crippen molar-refractivity contribution >= 4 is 21.8 Å². The average molecular weight is 430 g/mol. The Labute approximate surface area is 167 Å². The molecule has 4 bridgehead atoms. The summed E-state index contributed by atoms with van der Waals surface area (Å²) in [6, 6.07) is 11.6. The third-order valence-electron chi connectivity index (χ3n) is 6.62. The molecule has 0 saturated heterocycles. The van der Waals surface area contributed by atoms with Crippen LogP contribution in [0.3, 0.4) is 0 Å². The molecule has 4 fully saturated rings. The van der Waals surface area contributed by atoms with Gasteiger partial charge >= 0.3 is 0 Å². The molecule has 4 saturated carbocycles. The number of benzene rings is 1. The second-order valence-corrected chi connectivity index (χ2v) is 9.27. The maximum Gasteiger partial charge on any atom is 0.287 e. The predicted molar refractivity (Wildman–Crippen MR) is 105 cm³/mol. The van der Waals surface area contributed by atoms with Crippen molar-refractivity contribution in [1.82, 2.24) is 5.32 Å². The van der Waals surface area contributed by atoms with Crippen LogP contribution in [0.15, 0.2) is 45.3 Å². The second-order valence-electron chi connectivity index (χ2n) is 8.42. The zero-order chi connectivity index (χ0) is 18.4. The second kappa shape index (κ2) is 7.01. The van der Waals surface area contributed by atoms with Crippen LogP contribution in [0.25, 0.3) is 0 Å². The van der Waals surface area contributed by atoms with Crippen LogP contribution in [-0.4, -0.2) is 11.9 Å². The summed E-state index contributed by atoms with van der Waals surface area (Å²) in [5.74, 6) is 4.86. The summed E-state index contributed by atoms with van der Waals surface area (Å²) in [5, 5.41) is 3.29. The molecule has 0 unspecified atom stereocenters. The first-order chi connectivity index (χ1) is 13.2. The van der Waals surface area contributed by atoms with Crippen molar-refractivity contribution in [3.63, 3.8) is 0 Å².